The third-order valence-electron chi connectivity index (χ3n) is 2.56. The number of hydrogen-bond donors (Lipinski definition) is 2. The number of anilines is 1. The normalized spacial score (nSPS) is 12.0. The van der Waals surface area contributed by atoms with Gasteiger partial charge in [-0.3, -0.25) is 4.79 Å². The molecule has 1 rings (SSSR count). The first-order valence-corrected chi connectivity index (χ1v) is 5.70. The van der Waals surface area contributed by atoms with Gasteiger partial charge in [0, 0.05) is 11.3 Å². The zero-order valence-electron chi connectivity index (χ0n) is 10.8. The van der Waals surface area contributed by atoms with Crippen molar-refractivity contribution < 1.29 is 14.3 Å². The molecular weight excluding hydrogens is 232 g/mol. The van der Waals surface area contributed by atoms with Crippen LogP contribution in [0, 0.1) is 5.92 Å². The Kier molecular flexibility index (Phi) is 4.71. The Labute approximate surface area is 106 Å². The van der Waals surface area contributed by atoms with E-state index in [0.717, 1.165) is 0 Å². The van der Waals surface area contributed by atoms with Crippen molar-refractivity contribution in [3.63, 3.8) is 0 Å². The van der Waals surface area contributed by atoms with Crippen molar-refractivity contribution in [2.75, 3.05) is 12.8 Å². The topological polar surface area (TPSA) is 81.4 Å². The molecule has 0 unspecified atom stereocenters. The van der Waals surface area contributed by atoms with E-state index in [0.29, 0.717) is 11.3 Å². The zero-order valence-corrected chi connectivity index (χ0v) is 10.8. The molecule has 0 heterocycles. The van der Waals surface area contributed by atoms with E-state index in [1.54, 1.807) is 24.3 Å². The third kappa shape index (κ3) is 3.48. The zero-order chi connectivity index (χ0) is 13.7. The molecular formula is C13H18N2O3. The fourth-order valence-electron chi connectivity index (χ4n) is 1.53. The molecule has 98 valence electrons. The minimum absolute atomic E-state index is 0.0533. The minimum Gasteiger partial charge on any atom is -0.467 e. The van der Waals surface area contributed by atoms with Crippen LogP contribution in [0.2, 0.25) is 0 Å². The summed E-state index contributed by atoms with van der Waals surface area (Å²) >= 11 is 0. The summed E-state index contributed by atoms with van der Waals surface area (Å²) in [7, 11) is 1.30. The second-order valence-corrected chi connectivity index (χ2v) is 4.34. The number of nitrogen functional groups attached to an aromatic ring is 1. The van der Waals surface area contributed by atoms with Gasteiger partial charge in [0.2, 0.25) is 0 Å². The van der Waals surface area contributed by atoms with Crippen LogP contribution in [-0.2, 0) is 9.53 Å². The molecule has 0 radical (unpaired) electrons. The lowest BCUT2D eigenvalue weighted by Crippen LogP contribution is -2.45. The number of ether oxygens (including phenoxy) is 1. The summed E-state index contributed by atoms with van der Waals surface area (Å²) < 4.78 is 4.66. The van der Waals surface area contributed by atoms with Crippen molar-refractivity contribution in [3.8, 4) is 0 Å². The van der Waals surface area contributed by atoms with E-state index < -0.39 is 12.0 Å². The smallest absolute Gasteiger partial charge is 0.328 e. The fraction of sp³-hybridized carbons (Fsp3) is 0.385. The molecule has 1 amide bonds. The molecule has 0 saturated heterocycles. The molecule has 5 nitrogen and oxygen atoms in total. The predicted octanol–water partition coefficient (Wildman–Crippen LogP) is 1.20. The summed E-state index contributed by atoms with van der Waals surface area (Å²) in [6.07, 6.45) is 0. The van der Waals surface area contributed by atoms with Gasteiger partial charge in [0.15, 0.2) is 0 Å². The third-order valence-corrected chi connectivity index (χ3v) is 2.56. The van der Waals surface area contributed by atoms with Crippen molar-refractivity contribution >= 4 is 17.6 Å². The van der Waals surface area contributed by atoms with Crippen LogP contribution in [0.3, 0.4) is 0 Å². The summed E-state index contributed by atoms with van der Waals surface area (Å²) in [5, 5.41) is 2.64. The molecule has 1 aromatic carbocycles. The first kappa shape index (κ1) is 14.0. The number of nitrogens with one attached hydrogen (secondary N) is 1. The molecule has 0 aliphatic rings. The molecule has 1 atom stereocenters. The van der Waals surface area contributed by atoms with Gasteiger partial charge >= 0.3 is 5.97 Å². The van der Waals surface area contributed by atoms with Crippen molar-refractivity contribution in [1.82, 2.24) is 5.32 Å². The van der Waals surface area contributed by atoms with Crippen molar-refractivity contribution in [2.45, 2.75) is 19.9 Å². The molecule has 0 fully saturated rings. The van der Waals surface area contributed by atoms with E-state index in [1.165, 1.54) is 7.11 Å². The molecule has 0 saturated carbocycles. The highest BCUT2D eigenvalue weighted by Gasteiger charge is 2.25. The number of carbonyl (C=O) groups is 2. The molecule has 0 aliphatic heterocycles. The van der Waals surface area contributed by atoms with Crippen LogP contribution in [0.4, 0.5) is 5.69 Å². The number of carbonyl (C=O) groups excluding carboxylic acids is 2. The summed E-state index contributed by atoms with van der Waals surface area (Å²) in [6.45, 7) is 3.67. The van der Waals surface area contributed by atoms with Gasteiger partial charge in [-0.2, -0.15) is 0 Å². The van der Waals surface area contributed by atoms with Crippen molar-refractivity contribution in [3.05, 3.63) is 29.8 Å². The van der Waals surface area contributed by atoms with Crippen LogP contribution in [0.15, 0.2) is 24.3 Å². The fourth-order valence-corrected chi connectivity index (χ4v) is 1.53. The molecule has 0 aliphatic carbocycles. The highest BCUT2D eigenvalue weighted by molar-refractivity contribution is 5.97. The average Bonchev–Trinajstić information content (AvgIpc) is 2.34. The molecule has 3 N–H and O–H groups in total. The number of esters is 1. The maximum absolute atomic E-state index is 12.0. The van der Waals surface area contributed by atoms with Crippen LogP contribution >= 0.6 is 0 Å². The summed E-state index contributed by atoms with van der Waals surface area (Å²) in [6, 6.07) is 5.91. The van der Waals surface area contributed by atoms with Gasteiger partial charge in [0.05, 0.1) is 7.11 Å². The van der Waals surface area contributed by atoms with Crippen molar-refractivity contribution in [2.24, 2.45) is 5.92 Å². The predicted molar refractivity (Wildman–Crippen MR) is 69.0 cm³/mol. The van der Waals surface area contributed by atoms with Gasteiger partial charge < -0.3 is 15.8 Å². The Morgan fingerprint density at radius 3 is 2.50 bits per heavy atom. The van der Waals surface area contributed by atoms with Gasteiger partial charge in [-0.25, -0.2) is 4.79 Å². The Morgan fingerprint density at radius 1 is 1.33 bits per heavy atom. The number of nitrogens with two attached hydrogens (primary N) is 1. The maximum Gasteiger partial charge on any atom is 0.328 e. The van der Waals surface area contributed by atoms with E-state index in [9.17, 15) is 9.59 Å². The number of hydrogen-bond acceptors (Lipinski definition) is 4. The van der Waals surface area contributed by atoms with Gasteiger partial charge in [0.25, 0.3) is 5.91 Å². The van der Waals surface area contributed by atoms with Gasteiger partial charge in [0.1, 0.15) is 6.04 Å². The van der Waals surface area contributed by atoms with Crippen LogP contribution in [0.1, 0.15) is 24.2 Å². The Morgan fingerprint density at radius 2 is 2.00 bits per heavy atom. The lowest BCUT2D eigenvalue weighted by atomic mass is 10.0. The first-order chi connectivity index (χ1) is 8.45. The van der Waals surface area contributed by atoms with E-state index in [2.05, 4.69) is 10.1 Å². The quantitative estimate of drug-likeness (QED) is 0.621. The molecule has 0 bridgehead atoms. The summed E-state index contributed by atoms with van der Waals surface area (Å²) in [5.41, 5.74) is 6.52. The molecule has 1 aromatic rings. The minimum atomic E-state index is -0.663. The Bertz CT molecular complexity index is 444. The first-order valence-electron chi connectivity index (χ1n) is 5.70. The van der Waals surface area contributed by atoms with Crippen LogP contribution < -0.4 is 11.1 Å². The number of rotatable bonds is 4. The standard InChI is InChI=1S/C13H18N2O3/c1-8(2)11(13(17)18-3)15-12(16)9-5-4-6-10(14)7-9/h4-8,11H,14H2,1-3H3,(H,15,16)/t11-/m1/s1. The number of methoxy groups -OCH3 is 1. The highest BCUT2D eigenvalue weighted by Crippen LogP contribution is 2.09. The monoisotopic (exact) mass is 250 g/mol. The largest absolute Gasteiger partial charge is 0.467 e. The number of amides is 1. The second kappa shape index (κ2) is 6.05. The number of benzene rings is 1. The van der Waals surface area contributed by atoms with E-state index >= 15 is 0 Å². The highest BCUT2D eigenvalue weighted by atomic mass is 16.5. The summed E-state index contributed by atoms with van der Waals surface area (Å²) in [5.74, 6) is -0.851. The molecule has 18 heavy (non-hydrogen) atoms. The van der Waals surface area contributed by atoms with E-state index in [1.807, 2.05) is 13.8 Å². The Balaban J connectivity index is 2.82. The van der Waals surface area contributed by atoms with Gasteiger partial charge in [-0.15, -0.1) is 0 Å². The van der Waals surface area contributed by atoms with Crippen LogP contribution in [0.5, 0.6) is 0 Å². The summed E-state index contributed by atoms with van der Waals surface area (Å²) in [4.78, 5) is 23.5. The molecule has 0 aromatic heterocycles. The maximum atomic E-state index is 12.0. The SMILES string of the molecule is COC(=O)[C@H](NC(=O)c1cccc(N)c1)C(C)C. The molecule has 0 spiro atoms. The Hall–Kier alpha value is -2.04. The van der Waals surface area contributed by atoms with Gasteiger partial charge in [-0.05, 0) is 24.1 Å². The lowest BCUT2D eigenvalue weighted by molar-refractivity contribution is -0.144. The van der Waals surface area contributed by atoms with Crippen LogP contribution in [0.25, 0.3) is 0 Å². The molecule has 5 heteroatoms. The van der Waals surface area contributed by atoms with E-state index in [-0.39, 0.29) is 11.8 Å². The lowest BCUT2D eigenvalue weighted by Gasteiger charge is -2.19. The van der Waals surface area contributed by atoms with E-state index in [4.69, 9.17) is 5.73 Å². The average molecular weight is 250 g/mol. The second-order valence-electron chi connectivity index (χ2n) is 4.34. The van der Waals surface area contributed by atoms with Crippen molar-refractivity contribution in [1.29, 1.82) is 0 Å². The van der Waals surface area contributed by atoms with Crippen LogP contribution in [-0.4, -0.2) is 25.0 Å². The van der Waals surface area contributed by atoms with Gasteiger partial charge in [-0.1, -0.05) is 19.9 Å².